The number of ether oxygens (including phenoxy) is 1. The predicted molar refractivity (Wildman–Crippen MR) is 142 cm³/mol. The molecule has 0 bridgehead atoms. The molecule has 0 radical (unpaired) electrons. The Hall–Kier alpha value is -2.81. The van der Waals surface area contributed by atoms with Crippen LogP contribution in [-0.2, 0) is 35.6 Å². The van der Waals surface area contributed by atoms with Crippen LogP contribution in [0.15, 0.2) is 62.1 Å². The monoisotopic (exact) mass is 621 g/mol. The van der Waals surface area contributed by atoms with Gasteiger partial charge < -0.3 is 10.1 Å². The van der Waals surface area contributed by atoms with Crippen molar-refractivity contribution >= 4 is 49.4 Å². The van der Waals surface area contributed by atoms with E-state index < -0.39 is 59.3 Å². The lowest BCUT2D eigenvalue weighted by Gasteiger charge is -2.36. The van der Waals surface area contributed by atoms with E-state index >= 15 is 0 Å². The molecule has 1 aliphatic carbocycles. The third-order valence-electron chi connectivity index (χ3n) is 6.41. The van der Waals surface area contributed by atoms with Gasteiger partial charge in [0.25, 0.3) is 0 Å². The van der Waals surface area contributed by atoms with Crippen molar-refractivity contribution in [3.63, 3.8) is 0 Å². The second kappa shape index (κ2) is 12.4. The first-order chi connectivity index (χ1) is 18.6. The number of nitrogens with one attached hydrogen (secondary N) is 1. The lowest BCUT2D eigenvalue weighted by Crippen LogP contribution is -2.47. The quantitative estimate of drug-likeness (QED) is 0.320. The Kier molecular flexibility index (Phi) is 9.81. The number of carbonyl (C=O) groups is 1. The van der Waals surface area contributed by atoms with Crippen LogP contribution in [0.1, 0.15) is 31.7 Å². The molecule has 0 aromatic heterocycles. The van der Waals surface area contributed by atoms with Gasteiger partial charge in [-0.3, -0.25) is 9.79 Å². The zero-order valence-electron chi connectivity index (χ0n) is 21.5. The maximum atomic E-state index is 13.8. The van der Waals surface area contributed by atoms with Crippen molar-refractivity contribution in [1.82, 2.24) is 4.31 Å². The lowest BCUT2D eigenvalue weighted by atomic mass is 9.83. The summed E-state index contributed by atoms with van der Waals surface area (Å²) in [5, 5.41) is 8.09. The average Bonchev–Trinajstić information content (AvgIpc) is 2.90. The Morgan fingerprint density at radius 2 is 1.75 bits per heavy atom. The molecule has 2 unspecified atom stereocenters. The Balaban J connectivity index is 2.07. The first-order valence-corrected chi connectivity index (χ1v) is 15.3. The molecule has 1 saturated carbocycles. The molecule has 15 heteroatoms. The fourth-order valence-corrected chi connectivity index (χ4v) is 7.38. The van der Waals surface area contributed by atoms with E-state index in [1.807, 2.05) is 0 Å². The highest BCUT2D eigenvalue weighted by Crippen LogP contribution is 2.36. The van der Waals surface area contributed by atoms with Gasteiger partial charge in [0.1, 0.15) is 6.54 Å². The predicted octanol–water partition coefficient (Wildman–Crippen LogP) is 4.63. The van der Waals surface area contributed by atoms with Crippen LogP contribution in [0, 0.1) is 11.3 Å². The number of nitrogens with zero attached hydrogens (tertiary/aromatic N) is 2. The van der Waals surface area contributed by atoms with Gasteiger partial charge in [-0.2, -0.15) is 17.5 Å². The third kappa shape index (κ3) is 6.90. The van der Waals surface area contributed by atoms with Crippen molar-refractivity contribution in [3.8, 4) is 0 Å². The number of hydrogen-bond donors (Lipinski definition) is 1. The van der Waals surface area contributed by atoms with Crippen LogP contribution >= 0.6 is 11.6 Å². The van der Waals surface area contributed by atoms with Crippen molar-refractivity contribution in [2.75, 3.05) is 20.2 Å². The van der Waals surface area contributed by atoms with Crippen LogP contribution in [0.4, 0.5) is 13.2 Å². The Morgan fingerprint density at radius 3 is 2.33 bits per heavy atom. The molecule has 2 aromatic carbocycles. The number of alkyl halides is 3. The minimum atomic E-state index is -5.05. The zero-order valence-corrected chi connectivity index (χ0v) is 23.9. The smallest absolute Gasteiger partial charge is 0.416 e. The van der Waals surface area contributed by atoms with E-state index in [0.29, 0.717) is 36.8 Å². The SMILES string of the molecule is CCOC(=O)CN=C1CCCC(N(C)S(=O)(=O)c2cc(C(F)(F)F)cc(S(=O)(=O)c3ccc(Cl)cc3)c2)C1C=N. The number of sulfonamides is 1. The van der Waals surface area contributed by atoms with Gasteiger partial charge in [0.2, 0.25) is 19.9 Å². The molecule has 0 saturated heterocycles. The number of hydrogen-bond acceptors (Lipinski definition) is 8. The summed E-state index contributed by atoms with van der Waals surface area (Å²) in [6.45, 7) is 1.45. The van der Waals surface area contributed by atoms with Gasteiger partial charge in [-0.25, -0.2) is 16.8 Å². The van der Waals surface area contributed by atoms with Crippen LogP contribution in [0.3, 0.4) is 0 Å². The zero-order chi connectivity index (χ0) is 29.9. The second-order valence-electron chi connectivity index (χ2n) is 8.93. The molecule has 40 heavy (non-hydrogen) atoms. The molecule has 2 atom stereocenters. The molecule has 0 spiro atoms. The molecule has 1 fully saturated rings. The van der Waals surface area contributed by atoms with Crippen molar-refractivity contribution in [3.05, 3.63) is 53.1 Å². The molecule has 1 aliphatic rings. The highest BCUT2D eigenvalue weighted by atomic mass is 35.5. The molecule has 218 valence electrons. The maximum Gasteiger partial charge on any atom is 0.416 e. The highest BCUT2D eigenvalue weighted by molar-refractivity contribution is 7.91. The van der Waals surface area contributed by atoms with Crippen molar-refractivity contribution in [2.24, 2.45) is 10.9 Å². The molecular weight excluding hydrogens is 595 g/mol. The summed E-state index contributed by atoms with van der Waals surface area (Å²) in [6.07, 6.45) is -3.00. The minimum absolute atomic E-state index is 0.147. The van der Waals surface area contributed by atoms with E-state index in [1.54, 1.807) is 6.92 Å². The third-order valence-corrected chi connectivity index (χ3v) is 10.3. The molecular formula is C25H27ClF3N3O6S2. The number of benzene rings is 2. The van der Waals surface area contributed by atoms with Crippen molar-refractivity contribution in [1.29, 1.82) is 5.41 Å². The van der Waals surface area contributed by atoms with E-state index in [2.05, 4.69) is 4.99 Å². The van der Waals surface area contributed by atoms with Crippen LogP contribution in [0.25, 0.3) is 0 Å². The number of esters is 1. The van der Waals surface area contributed by atoms with Gasteiger partial charge in [-0.15, -0.1) is 0 Å². The molecule has 1 N–H and O–H groups in total. The number of halogens is 4. The topological polar surface area (TPSA) is 134 Å². The van der Waals surface area contributed by atoms with Crippen LogP contribution in [0.2, 0.25) is 5.02 Å². The first kappa shape index (κ1) is 31.7. The second-order valence-corrected chi connectivity index (χ2v) is 13.3. The fraction of sp³-hybridized carbons (Fsp3) is 0.400. The molecule has 2 aromatic rings. The van der Waals surface area contributed by atoms with Crippen molar-refractivity contribution < 1.29 is 39.5 Å². The summed E-state index contributed by atoms with van der Waals surface area (Å²) in [5.41, 5.74) is -1.07. The number of aliphatic imine (C=N–C) groups is 1. The van der Waals surface area contributed by atoms with Crippen LogP contribution < -0.4 is 0 Å². The van der Waals surface area contributed by atoms with Crippen molar-refractivity contribution in [2.45, 2.75) is 53.1 Å². The van der Waals surface area contributed by atoms with Gasteiger partial charge in [0, 0.05) is 36.0 Å². The summed E-state index contributed by atoms with van der Waals surface area (Å²) < 4.78 is 101. The first-order valence-electron chi connectivity index (χ1n) is 12.0. The largest absolute Gasteiger partial charge is 0.465 e. The van der Waals surface area contributed by atoms with Crippen LogP contribution in [-0.4, -0.2) is 65.3 Å². The molecule has 9 nitrogen and oxygen atoms in total. The summed E-state index contributed by atoms with van der Waals surface area (Å²) in [4.78, 5) is 13.8. The molecule has 0 heterocycles. The van der Waals surface area contributed by atoms with E-state index in [4.69, 9.17) is 21.7 Å². The summed E-state index contributed by atoms with van der Waals surface area (Å²) >= 11 is 5.79. The van der Waals surface area contributed by atoms with Gasteiger partial charge >= 0.3 is 12.1 Å². The van der Waals surface area contributed by atoms with Gasteiger partial charge in [-0.05, 0) is 68.7 Å². The molecule has 3 rings (SSSR count). The lowest BCUT2D eigenvalue weighted by molar-refractivity contribution is -0.141. The fourth-order valence-electron chi connectivity index (χ4n) is 4.37. The summed E-state index contributed by atoms with van der Waals surface area (Å²) in [6, 6.07) is 5.23. The molecule has 0 aliphatic heterocycles. The Labute approximate surface area is 235 Å². The normalized spacial score (nSPS) is 19.5. The Bertz CT molecular complexity index is 1510. The maximum absolute atomic E-state index is 13.8. The van der Waals surface area contributed by atoms with E-state index in [1.165, 1.54) is 12.1 Å². The standard InChI is InChI=1S/C25H27ClF3N3O6S2/c1-3-38-24(33)15-31-22-5-4-6-23(21(22)14-30)32(2)40(36,37)20-12-16(25(27,28)29)11-19(13-20)39(34,35)18-9-7-17(26)8-10-18/h7-14,21,23,30H,3-6,15H2,1-2H3. The van der Waals surface area contributed by atoms with Crippen LogP contribution in [0.5, 0.6) is 0 Å². The van der Waals surface area contributed by atoms with E-state index in [9.17, 15) is 34.8 Å². The number of sulfone groups is 1. The van der Waals surface area contributed by atoms with E-state index in [0.717, 1.165) is 29.7 Å². The number of carbonyl (C=O) groups excluding carboxylic acids is 1. The minimum Gasteiger partial charge on any atom is -0.465 e. The van der Waals surface area contributed by atoms with E-state index in [-0.39, 0.29) is 29.5 Å². The van der Waals surface area contributed by atoms with Gasteiger partial charge in [0.05, 0.1) is 26.9 Å². The number of rotatable bonds is 9. The molecule has 0 amide bonds. The van der Waals surface area contributed by atoms with Gasteiger partial charge in [0.15, 0.2) is 0 Å². The highest BCUT2D eigenvalue weighted by Gasteiger charge is 2.40. The summed E-state index contributed by atoms with van der Waals surface area (Å²) in [5.74, 6) is -1.45. The average molecular weight is 622 g/mol. The summed E-state index contributed by atoms with van der Waals surface area (Å²) in [7, 11) is -8.11. The Morgan fingerprint density at radius 1 is 1.12 bits per heavy atom. The van der Waals surface area contributed by atoms with Gasteiger partial charge in [-0.1, -0.05) is 11.6 Å².